The van der Waals surface area contributed by atoms with Crippen LogP contribution in [0.5, 0.6) is 0 Å². The topological polar surface area (TPSA) is 53.4 Å². The predicted molar refractivity (Wildman–Crippen MR) is 73.6 cm³/mol. The zero-order chi connectivity index (χ0) is 13.9. The van der Waals surface area contributed by atoms with E-state index < -0.39 is 0 Å². The zero-order valence-corrected chi connectivity index (χ0v) is 11.7. The summed E-state index contributed by atoms with van der Waals surface area (Å²) in [6, 6.07) is 3.87. The summed E-state index contributed by atoms with van der Waals surface area (Å²) in [7, 11) is 0. The minimum Gasteiger partial charge on any atom is -0.391 e. The van der Waals surface area contributed by atoms with Gasteiger partial charge in [0.05, 0.1) is 6.10 Å². The fourth-order valence-electron chi connectivity index (χ4n) is 2.58. The van der Waals surface area contributed by atoms with Crippen molar-refractivity contribution in [1.29, 1.82) is 0 Å². The Balaban J connectivity index is 1.95. The molecule has 104 valence electrons. The number of β-amino-alcohol motifs (C(OH)–C–C–N with tert-alkyl or cyclic N) is 1. The molecule has 1 fully saturated rings. The molecule has 1 saturated heterocycles. The van der Waals surface area contributed by atoms with Crippen LogP contribution in [-0.4, -0.2) is 39.1 Å². The molecule has 2 heterocycles. The van der Waals surface area contributed by atoms with Crippen LogP contribution in [0, 0.1) is 0 Å². The first-order valence-electron chi connectivity index (χ1n) is 6.86. The van der Waals surface area contributed by atoms with Crippen molar-refractivity contribution in [2.24, 2.45) is 0 Å². The summed E-state index contributed by atoms with van der Waals surface area (Å²) in [5.41, 5.74) is 0.980. The minimum absolute atomic E-state index is 0.126. The molecule has 1 aliphatic rings. The number of hydrogen-bond acceptors (Lipinski definition) is 3. The van der Waals surface area contributed by atoms with Gasteiger partial charge in [0.25, 0.3) is 0 Å². The monoisotopic (exact) mass is 262 g/mol. The van der Waals surface area contributed by atoms with Gasteiger partial charge in [0.2, 0.25) is 5.91 Å². The van der Waals surface area contributed by atoms with Gasteiger partial charge in [-0.2, -0.15) is 0 Å². The van der Waals surface area contributed by atoms with E-state index in [1.807, 2.05) is 17.0 Å². The van der Waals surface area contributed by atoms with E-state index in [4.69, 9.17) is 0 Å². The molecule has 0 bridgehead atoms. The molecular weight excluding hydrogens is 240 g/mol. The number of rotatable bonds is 3. The highest BCUT2D eigenvalue weighted by molar-refractivity contribution is 5.77. The van der Waals surface area contributed by atoms with Gasteiger partial charge in [-0.05, 0) is 50.8 Å². The van der Waals surface area contributed by atoms with Gasteiger partial charge in [-0.3, -0.25) is 9.78 Å². The van der Waals surface area contributed by atoms with Crippen molar-refractivity contribution in [3.63, 3.8) is 0 Å². The van der Waals surface area contributed by atoms with Gasteiger partial charge < -0.3 is 10.0 Å². The van der Waals surface area contributed by atoms with Crippen molar-refractivity contribution in [3.05, 3.63) is 30.1 Å². The summed E-state index contributed by atoms with van der Waals surface area (Å²) in [5.74, 6) is 0.126. The second-order valence-electron chi connectivity index (χ2n) is 5.86. The number of aromatic nitrogens is 1. The van der Waals surface area contributed by atoms with E-state index in [-0.39, 0.29) is 17.6 Å². The van der Waals surface area contributed by atoms with Crippen molar-refractivity contribution in [2.75, 3.05) is 6.54 Å². The number of carbonyl (C=O) groups is 1. The molecule has 0 saturated carbocycles. The molecule has 1 aromatic heterocycles. The number of nitrogens with zero attached hydrogens (tertiary/aromatic N) is 2. The third-order valence-corrected chi connectivity index (χ3v) is 3.89. The standard InChI is InChI=1S/C15H22N2O2/c1-15(2)8-5-13(18)11-17(15)14(19)4-3-12-6-9-16-10-7-12/h6-7,9-10,13,18H,3-5,8,11H2,1-2H3. The Labute approximate surface area is 114 Å². The van der Waals surface area contributed by atoms with Gasteiger partial charge in [0.15, 0.2) is 0 Å². The number of piperidine rings is 1. The van der Waals surface area contributed by atoms with Gasteiger partial charge in [-0.25, -0.2) is 0 Å². The number of pyridine rings is 1. The van der Waals surface area contributed by atoms with E-state index in [0.717, 1.165) is 24.8 Å². The SMILES string of the molecule is CC1(C)CCC(O)CN1C(=O)CCc1ccncc1. The summed E-state index contributed by atoms with van der Waals surface area (Å²) in [6.07, 6.45) is 5.96. The average molecular weight is 262 g/mol. The van der Waals surface area contributed by atoms with Crippen LogP contribution < -0.4 is 0 Å². The van der Waals surface area contributed by atoms with Crippen LogP contribution in [0.15, 0.2) is 24.5 Å². The Kier molecular flexibility index (Phi) is 4.20. The summed E-state index contributed by atoms with van der Waals surface area (Å²) < 4.78 is 0. The second kappa shape index (κ2) is 5.70. The maximum Gasteiger partial charge on any atom is 0.223 e. The molecule has 4 nitrogen and oxygen atoms in total. The number of carbonyl (C=O) groups excluding carboxylic acids is 1. The third-order valence-electron chi connectivity index (χ3n) is 3.89. The van der Waals surface area contributed by atoms with E-state index in [2.05, 4.69) is 18.8 Å². The van der Waals surface area contributed by atoms with Gasteiger partial charge in [-0.15, -0.1) is 0 Å². The molecule has 1 amide bonds. The molecule has 0 aliphatic carbocycles. The zero-order valence-electron chi connectivity index (χ0n) is 11.7. The minimum atomic E-state index is -0.377. The van der Waals surface area contributed by atoms with Gasteiger partial charge in [0.1, 0.15) is 0 Å². The van der Waals surface area contributed by atoms with Crippen LogP contribution in [0.25, 0.3) is 0 Å². The van der Waals surface area contributed by atoms with Crippen LogP contribution in [-0.2, 0) is 11.2 Å². The van der Waals surface area contributed by atoms with Crippen LogP contribution in [0.3, 0.4) is 0 Å². The van der Waals surface area contributed by atoms with Crippen LogP contribution in [0.2, 0.25) is 0 Å². The molecule has 2 rings (SSSR count). The average Bonchev–Trinajstić information content (AvgIpc) is 2.40. The third kappa shape index (κ3) is 3.53. The normalized spacial score (nSPS) is 22.3. The Morgan fingerprint density at radius 2 is 2.16 bits per heavy atom. The maximum atomic E-state index is 12.3. The number of hydrogen-bond donors (Lipinski definition) is 1. The molecule has 1 N–H and O–H groups in total. The van der Waals surface area contributed by atoms with E-state index in [1.165, 1.54) is 0 Å². The summed E-state index contributed by atoms with van der Waals surface area (Å²) in [5, 5.41) is 9.74. The highest BCUT2D eigenvalue weighted by atomic mass is 16.3. The lowest BCUT2D eigenvalue weighted by atomic mass is 9.88. The largest absolute Gasteiger partial charge is 0.391 e. The lowest BCUT2D eigenvalue weighted by molar-refractivity contribution is -0.142. The molecule has 19 heavy (non-hydrogen) atoms. The number of amides is 1. The number of likely N-dealkylation sites (tertiary alicyclic amines) is 1. The lowest BCUT2D eigenvalue weighted by Gasteiger charge is -2.44. The van der Waals surface area contributed by atoms with E-state index >= 15 is 0 Å². The maximum absolute atomic E-state index is 12.3. The molecule has 1 aromatic rings. The molecule has 1 atom stereocenters. The molecule has 0 aromatic carbocycles. The predicted octanol–water partition coefficient (Wildman–Crippen LogP) is 1.78. The van der Waals surface area contributed by atoms with Gasteiger partial charge in [-0.1, -0.05) is 0 Å². The van der Waals surface area contributed by atoms with Gasteiger partial charge in [0, 0.05) is 30.9 Å². The molecular formula is C15H22N2O2. The Morgan fingerprint density at radius 1 is 1.47 bits per heavy atom. The first kappa shape index (κ1) is 14.0. The number of aliphatic hydroxyl groups excluding tert-OH is 1. The molecule has 0 radical (unpaired) electrons. The summed E-state index contributed by atoms with van der Waals surface area (Å²) in [4.78, 5) is 18.1. The first-order chi connectivity index (χ1) is 8.99. The summed E-state index contributed by atoms with van der Waals surface area (Å²) in [6.45, 7) is 4.61. The smallest absolute Gasteiger partial charge is 0.223 e. The van der Waals surface area contributed by atoms with E-state index in [9.17, 15) is 9.90 Å². The Morgan fingerprint density at radius 3 is 2.84 bits per heavy atom. The summed E-state index contributed by atoms with van der Waals surface area (Å²) >= 11 is 0. The van der Waals surface area contributed by atoms with Crippen molar-refractivity contribution in [2.45, 2.75) is 51.2 Å². The van der Waals surface area contributed by atoms with Crippen LogP contribution in [0.1, 0.15) is 38.7 Å². The van der Waals surface area contributed by atoms with Crippen LogP contribution in [0.4, 0.5) is 0 Å². The molecule has 1 aliphatic heterocycles. The highest BCUT2D eigenvalue weighted by Crippen LogP contribution is 2.28. The molecule has 0 spiro atoms. The fourth-order valence-corrected chi connectivity index (χ4v) is 2.58. The van der Waals surface area contributed by atoms with Crippen molar-refractivity contribution in [1.82, 2.24) is 9.88 Å². The van der Waals surface area contributed by atoms with Crippen molar-refractivity contribution in [3.8, 4) is 0 Å². The lowest BCUT2D eigenvalue weighted by Crippen LogP contribution is -2.54. The Hall–Kier alpha value is -1.42. The molecule has 1 unspecified atom stereocenters. The highest BCUT2D eigenvalue weighted by Gasteiger charge is 2.36. The van der Waals surface area contributed by atoms with Crippen molar-refractivity contribution >= 4 is 5.91 Å². The van der Waals surface area contributed by atoms with Crippen LogP contribution >= 0.6 is 0 Å². The van der Waals surface area contributed by atoms with Crippen molar-refractivity contribution < 1.29 is 9.90 Å². The first-order valence-corrected chi connectivity index (χ1v) is 6.86. The van der Waals surface area contributed by atoms with E-state index in [1.54, 1.807) is 12.4 Å². The number of aryl methyl sites for hydroxylation is 1. The second-order valence-corrected chi connectivity index (χ2v) is 5.86. The van der Waals surface area contributed by atoms with Gasteiger partial charge >= 0.3 is 0 Å². The molecule has 4 heteroatoms. The Bertz CT molecular complexity index is 431. The van der Waals surface area contributed by atoms with E-state index in [0.29, 0.717) is 13.0 Å². The quantitative estimate of drug-likeness (QED) is 0.903. The fraction of sp³-hybridized carbons (Fsp3) is 0.600. The number of aliphatic hydroxyl groups is 1.